The Morgan fingerprint density at radius 2 is 2.17 bits per heavy atom. The topological polar surface area (TPSA) is 59.6 Å². The lowest BCUT2D eigenvalue weighted by Crippen LogP contribution is -2.42. The zero-order chi connectivity index (χ0) is 13.0. The van der Waals surface area contributed by atoms with Gasteiger partial charge in [0.05, 0.1) is 7.11 Å². The van der Waals surface area contributed by atoms with Crippen LogP contribution in [0.5, 0.6) is 11.5 Å². The Hall–Kier alpha value is -1.59. The van der Waals surface area contributed by atoms with Crippen LogP contribution in [0.25, 0.3) is 0 Å². The van der Waals surface area contributed by atoms with Crippen LogP contribution in [-0.2, 0) is 4.79 Å². The number of nitrogens with one attached hydrogen (secondary N) is 2. The predicted octanol–water partition coefficient (Wildman–Crippen LogP) is 0.854. The molecule has 1 heterocycles. The molecule has 0 unspecified atom stereocenters. The third-order valence-corrected chi connectivity index (χ3v) is 2.88. The van der Waals surface area contributed by atoms with E-state index in [1.54, 1.807) is 13.2 Å². The molecule has 2 N–H and O–H groups in total. The first-order valence-electron chi connectivity index (χ1n) is 6.01. The summed E-state index contributed by atoms with van der Waals surface area (Å²) >= 11 is 0. The zero-order valence-corrected chi connectivity index (χ0v) is 10.7. The first-order valence-corrected chi connectivity index (χ1v) is 6.01. The summed E-state index contributed by atoms with van der Waals surface area (Å²) in [6.07, 6.45) is 0. The fourth-order valence-electron chi connectivity index (χ4n) is 2.03. The van der Waals surface area contributed by atoms with Gasteiger partial charge in [0, 0.05) is 32.6 Å². The molecule has 0 aliphatic carbocycles. The van der Waals surface area contributed by atoms with Gasteiger partial charge in [-0.05, 0) is 17.7 Å². The van der Waals surface area contributed by atoms with Crippen molar-refractivity contribution in [1.82, 2.24) is 10.6 Å². The Kier molecular flexibility index (Phi) is 4.17. The Morgan fingerprint density at radius 3 is 2.78 bits per heavy atom. The minimum Gasteiger partial charge on any atom is -0.493 e. The number of carbonyl (C=O) groups is 1. The molecule has 1 aliphatic rings. The van der Waals surface area contributed by atoms with E-state index >= 15 is 0 Å². The van der Waals surface area contributed by atoms with Crippen molar-refractivity contribution in [1.29, 1.82) is 0 Å². The standard InChI is InChI=1S/C13H18N2O3/c1-9(16)18-12-4-3-10(7-13(12)17-2)11-8-14-5-6-15-11/h3-4,7,11,14-15H,5-6,8H2,1-2H3/t11-/m0/s1. The maximum atomic E-state index is 11.0. The minimum atomic E-state index is -0.349. The van der Waals surface area contributed by atoms with Crippen LogP contribution in [0, 0.1) is 0 Å². The van der Waals surface area contributed by atoms with Gasteiger partial charge < -0.3 is 20.1 Å². The van der Waals surface area contributed by atoms with Crippen LogP contribution in [0.4, 0.5) is 0 Å². The number of hydrogen-bond donors (Lipinski definition) is 2. The minimum absolute atomic E-state index is 0.263. The van der Waals surface area contributed by atoms with E-state index in [-0.39, 0.29) is 12.0 Å². The fourth-order valence-corrected chi connectivity index (χ4v) is 2.03. The van der Waals surface area contributed by atoms with Crippen LogP contribution in [0.2, 0.25) is 0 Å². The van der Waals surface area contributed by atoms with Gasteiger partial charge in [0.1, 0.15) is 0 Å². The number of benzene rings is 1. The van der Waals surface area contributed by atoms with Crippen molar-refractivity contribution in [2.45, 2.75) is 13.0 Å². The van der Waals surface area contributed by atoms with E-state index in [0.29, 0.717) is 11.5 Å². The lowest BCUT2D eigenvalue weighted by Gasteiger charge is -2.25. The molecule has 2 rings (SSSR count). The van der Waals surface area contributed by atoms with E-state index in [0.717, 1.165) is 25.2 Å². The first-order chi connectivity index (χ1) is 8.70. The van der Waals surface area contributed by atoms with Crippen molar-refractivity contribution in [2.75, 3.05) is 26.7 Å². The fraction of sp³-hybridized carbons (Fsp3) is 0.462. The molecule has 18 heavy (non-hydrogen) atoms. The highest BCUT2D eigenvalue weighted by Crippen LogP contribution is 2.30. The Labute approximate surface area is 106 Å². The van der Waals surface area contributed by atoms with E-state index in [2.05, 4.69) is 10.6 Å². The van der Waals surface area contributed by atoms with Gasteiger partial charge in [0.2, 0.25) is 0 Å². The number of ether oxygens (including phenoxy) is 2. The summed E-state index contributed by atoms with van der Waals surface area (Å²) in [5.41, 5.74) is 1.12. The van der Waals surface area contributed by atoms with Gasteiger partial charge in [0.25, 0.3) is 0 Å². The monoisotopic (exact) mass is 250 g/mol. The highest BCUT2D eigenvalue weighted by molar-refractivity contribution is 5.70. The van der Waals surface area contributed by atoms with Crippen molar-refractivity contribution in [3.8, 4) is 11.5 Å². The molecular weight excluding hydrogens is 232 g/mol. The number of hydrogen-bond acceptors (Lipinski definition) is 5. The second-order valence-corrected chi connectivity index (χ2v) is 4.21. The number of esters is 1. The molecule has 0 radical (unpaired) electrons. The molecular formula is C13H18N2O3. The van der Waals surface area contributed by atoms with Crippen molar-refractivity contribution in [3.05, 3.63) is 23.8 Å². The Balaban J connectivity index is 2.20. The van der Waals surface area contributed by atoms with Crippen LogP contribution in [-0.4, -0.2) is 32.7 Å². The third kappa shape index (κ3) is 3.00. The highest BCUT2D eigenvalue weighted by atomic mass is 16.6. The van der Waals surface area contributed by atoms with Crippen molar-refractivity contribution in [2.24, 2.45) is 0 Å². The largest absolute Gasteiger partial charge is 0.493 e. The summed E-state index contributed by atoms with van der Waals surface area (Å²) in [5, 5.41) is 6.75. The maximum Gasteiger partial charge on any atom is 0.308 e. The summed E-state index contributed by atoms with van der Waals surface area (Å²) in [4.78, 5) is 11.0. The summed E-state index contributed by atoms with van der Waals surface area (Å²) in [7, 11) is 1.57. The van der Waals surface area contributed by atoms with Gasteiger partial charge in [-0.15, -0.1) is 0 Å². The first kappa shape index (κ1) is 12.9. The van der Waals surface area contributed by atoms with E-state index < -0.39 is 0 Å². The summed E-state index contributed by atoms with van der Waals surface area (Å²) in [6.45, 7) is 4.19. The average molecular weight is 250 g/mol. The molecule has 1 aromatic carbocycles. The summed E-state index contributed by atoms with van der Waals surface area (Å²) in [5.74, 6) is 0.686. The molecule has 1 atom stereocenters. The average Bonchev–Trinajstić information content (AvgIpc) is 2.39. The molecule has 98 valence electrons. The molecule has 0 saturated carbocycles. The molecule has 1 aromatic rings. The quantitative estimate of drug-likeness (QED) is 0.615. The Morgan fingerprint density at radius 1 is 1.33 bits per heavy atom. The van der Waals surface area contributed by atoms with Gasteiger partial charge in [-0.1, -0.05) is 6.07 Å². The number of rotatable bonds is 3. The van der Waals surface area contributed by atoms with Crippen LogP contribution in [0.1, 0.15) is 18.5 Å². The van der Waals surface area contributed by atoms with Crippen LogP contribution < -0.4 is 20.1 Å². The SMILES string of the molecule is COc1cc([C@@H]2CNCCN2)ccc1OC(C)=O. The predicted molar refractivity (Wildman–Crippen MR) is 67.9 cm³/mol. The molecule has 0 spiro atoms. The summed E-state index contributed by atoms with van der Waals surface area (Å²) in [6, 6.07) is 5.89. The third-order valence-electron chi connectivity index (χ3n) is 2.88. The van der Waals surface area contributed by atoms with E-state index in [4.69, 9.17) is 9.47 Å². The van der Waals surface area contributed by atoms with E-state index in [1.165, 1.54) is 6.92 Å². The van der Waals surface area contributed by atoms with Crippen LogP contribution >= 0.6 is 0 Å². The van der Waals surface area contributed by atoms with Crippen molar-refractivity contribution < 1.29 is 14.3 Å². The second kappa shape index (κ2) is 5.84. The lowest BCUT2D eigenvalue weighted by molar-refractivity contribution is -0.132. The van der Waals surface area contributed by atoms with Gasteiger partial charge in [-0.25, -0.2) is 0 Å². The maximum absolute atomic E-state index is 11.0. The van der Waals surface area contributed by atoms with E-state index in [9.17, 15) is 4.79 Å². The lowest BCUT2D eigenvalue weighted by atomic mass is 10.0. The van der Waals surface area contributed by atoms with Crippen LogP contribution in [0.15, 0.2) is 18.2 Å². The van der Waals surface area contributed by atoms with Crippen molar-refractivity contribution in [3.63, 3.8) is 0 Å². The van der Waals surface area contributed by atoms with Crippen LogP contribution in [0.3, 0.4) is 0 Å². The van der Waals surface area contributed by atoms with Gasteiger partial charge >= 0.3 is 5.97 Å². The molecule has 5 heteroatoms. The number of carbonyl (C=O) groups excluding carboxylic acids is 1. The molecule has 0 aromatic heterocycles. The highest BCUT2D eigenvalue weighted by Gasteiger charge is 2.16. The van der Waals surface area contributed by atoms with Crippen molar-refractivity contribution >= 4 is 5.97 Å². The molecule has 1 aliphatic heterocycles. The number of piperazine rings is 1. The zero-order valence-electron chi connectivity index (χ0n) is 10.7. The normalized spacial score (nSPS) is 19.3. The molecule has 1 fully saturated rings. The molecule has 1 saturated heterocycles. The van der Waals surface area contributed by atoms with Gasteiger partial charge in [0.15, 0.2) is 11.5 Å². The Bertz CT molecular complexity index is 428. The number of methoxy groups -OCH3 is 1. The van der Waals surface area contributed by atoms with E-state index in [1.807, 2.05) is 12.1 Å². The molecule has 5 nitrogen and oxygen atoms in total. The van der Waals surface area contributed by atoms with Gasteiger partial charge in [-0.3, -0.25) is 4.79 Å². The van der Waals surface area contributed by atoms with Gasteiger partial charge in [-0.2, -0.15) is 0 Å². The molecule has 0 bridgehead atoms. The summed E-state index contributed by atoms with van der Waals surface area (Å²) < 4.78 is 10.3. The second-order valence-electron chi connectivity index (χ2n) is 4.21. The smallest absolute Gasteiger partial charge is 0.308 e. The molecule has 0 amide bonds.